The van der Waals surface area contributed by atoms with E-state index in [9.17, 15) is 4.55 Å². The normalized spacial score (nSPS) is 15.2. The van der Waals surface area contributed by atoms with Gasteiger partial charge < -0.3 is 9.29 Å². The van der Waals surface area contributed by atoms with Gasteiger partial charge in [-0.15, -0.1) is 0 Å². The molecule has 96 valence electrons. The first-order valence-electron chi connectivity index (χ1n) is 6.25. The summed E-state index contributed by atoms with van der Waals surface area (Å²) >= 11 is -1.14. The minimum absolute atomic E-state index is 0.699. The zero-order valence-corrected chi connectivity index (χ0v) is 11.2. The lowest BCUT2D eigenvalue weighted by atomic mass is 10.2. The van der Waals surface area contributed by atoms with Crippen LogP contribution in [-0.2, 0) is 11.2 Å². The molecule has 2 aromatic carbocycles. The van der Waals surface area contributed by atoms with Gasteiger partial charge in [-0.1, -0.05) is 30.4 Å². The Morgan fingerprint density at radius 3 is 2.68 bits per heavy atom. The van der Waals surface area contributed by atoms with Gasteiger partial charge in [-0.3, -0.25) is 0 Å². The smallest absolute Gasteiger partial charge is 0.159 e. The fraction of sp³-hybridized carbons (Fsp3) is 0.125. The standard InChI is InChI=1S/C16H14O2S/c17-19(14-7-2-1-3-8-14)15-9-10-16-13(12-15)6-4-5-11-18-16/h1-4,6-10,12H,5,11H2. The lowest BCUT2D eigenvalue weighted by molar-refractivity contribution is 0.326. The summed E-state index contributed by atoms with van der Waals surface area (Å²) in [5.41, 5.74) is 0.999. The molecule has 2 nitrogen and oxygen atoms in total. The summed E-state index contributed by atoms with van der Waals surface area (Å²) in [5.74, 6) is 0.863. The zero-order valence-electron chi connectivity index (χ0n) is 10.4. The third-order valence-corrected chi connectivity index (χ3v) is 4.37. The second-order valence-corrected chi connectivity index (χ2v) is 5.80. The van der Waals surface area contributed by atoms with Gasteiger partial charge in [0.15, 0.2) is 9.79 Å². The van der Waals surface area contributed by atoms with Gasteiger partial charge in [-0.2, -0.15) is 0 Å². The molecule has 3 rings (SSSR count). The Labute approximate surface area is 115 Å². The first-order chi connectivity index (χ1) is 9.34. The molecule has 3 heteroatoms. The molecule has 0 aromatic heterocycles. The third kappa shape index (κ3) is 2.67. The van der Waals surface area contributed by atoms with E-state index in [4.69, 9.17) is 4.74 Å². The molecule has 1 aliphatic heterocycles. The van der Waals surface area contributed by atoms with Crippen molar-refractivity contribution in [1.82, 2.24) is 0 Å². The van der Waals surface area contributed by atoms with Gasteiger partial charge in [0, 0.05) is 22.8 Å². The highest BCUT2D eigenvalue weighted by atomic mass is 32.2. The van der Waals surface area contributed by atoms with Crippen LogP contribution in [0.5, 0.6) is 5.75 Å². The second-order valence-electron chi connectivity index (χ2n) is 4.32. The Morgan fingerprint density at radius 1 is 1.00 bits per heavy atom. The van der Waals surface area contributed by atoms with E-state index in [-0.39, 0.29) is 0 Å². The van der Waals surface area contributed by atoms with Crippen LogP contribution in [0, 0.1) is 0 Å². The van der Waals surface area contributed by atoms with E-state index in [1.165, 1.54) is 0 Å². The molecular weight excluding hydrogens is 256 g/mol. The largest absolute Gasteiger partial charge is 0.606 e. The monoisotopic (exact) mass is 270 g/mol. The topological polar surface area (TPSA) is 32.3 Å². The van der Waals surface area contributed by atoms with Gasteiger partial charge in [-0.25, -0.2) is 0 Å². The number of rotatable bonds is 2. The van der Waals surface area contributed by atoms with Crippen molar-refractivity contribution < 1.29 is 9.29 Å². The van der Waals surface area contributed by atoms with Gasteiger partial charge in [-0.05, 0) is 30.7 Å². The Hall–Kier alpha value is -1.71. The molecule has 1 atom stereocenters. The highest BCUT2D eigenvalue weighted by Crippen LogP contribution is 2.28. The Morgan fingerprint density at radius 2 is 1.84 bits per heavy atom. The molecule has 0 fully saturated rings. The molecule has 0 saturated heterocycles. The van der Waals surface area contributed by atoms with Gasteiger partial charge in [0.25, 0.3) is 0 Å². The fourth-order valence-electron chi connectivity index (χ4n) is 2.03. The summed E-state index contributed by atoms with van der Waals surface area (Å²) in [6.45, 7) is 0.699. The average Bonchev–Trinajstić information content (AvgIpc) is 2.72. The van der Waals surface area contributed by atoms with Crippen LogP contribution in [0.2, 0.25) is 0 Å². The molecule has 1 unspecified atom stereocenters. The number of hydrogen-bond donors (Lipinski definition) is 0. The number of fused-ring (bicyclic) bond motifs is 1. The van der Waals surface area contributed by atoms with Crippen molar-refractivity contribution in [2.45, 2.75) is 16.2 Å². The van der Waals surface area contributed by atoms with Crippen molar-refractivity contribution >= 4 is 17.3 Å². The van der Waals surface area contributed by atoms with Gasteiger partial charge in [0.1, 0.15) is 5.75 Å². The summed E-state index contributed by atoms with van der Waals surface area (Å²) < 4.78 is 18.1. The predicted octanol–water partition coefficient (Wildman–Crippen LogP) is 3.65. The molecule has 0 N–H and O–H groups in total. The first-order valence-corrected chi connectivity index (χ1v) is 7.40. The van der Waals surface area contributed by atoms with E-state index in [0.29, 0.717) is 6.61 Å². The SMILES string of the molecule is [O-][S+](c1ccccc1)c1ccc2c(c1)C=CCCO2. The van der Waals surface area contributed by atoms with Crippen LogP contribution < -0.4 is 4.74 Å². The van der Waals surface area contributed by atoms with E-state index in [1.807, 2.05) is 54.6 Å². The maximum absolute atomic E-state index is 12.5. The van der Waals surface area contributed by atoms with Crippen molar-refractivity contribution in [2.75, 3.05) is 6.61 Å². The van der Waals surface area contributed by atoms with Crippen LogP contribution in [0.1, 0.15) is 12.0 Å². The molecule has 0 aliphatic carbocycles. The quantitative estimate of drug-likeness (QED) is 0.780. The molecule has 0 bridgehead atoms. The van der Waals surface area contributed by atoms with Crippen LogP contribution in [0.25, 0.3) is 6.08 Å². The van der Waals surface area contributed by atoms with Crippen LogP contribution in [-0.4, -0.2) is 11.2 Å². The molecule has 2 aromatic rings. The summed E-state index contributed by atoms with van der Waals surface area (Å²) in [5, 5.41) is 0. The van der Waals surface area contributed by atoms with Gasteiger partial charge >= 0.3 is 0 Å². The van der Waals surface area contributed by atoms with E-state index in [0.717, 1.165) is 27.5 Å². The Balaban J connectivity index is 1.95. The third-order valence-electron chi connectivity index (χ3n) is 2.99. The first kappa shape index (κ1) is 12.3. The molecule has 0 spiro atoms. The predicted molar refractivity (Wildman–Crippen MR) is 76.7 cm³/mol. The lowest BCUT2D eigenvalue weighted by Gasteiger charge is -2.12. The average molecular weight is 270 g/mol. The second kappa shape index (κ2) is 5.51. The van der Waals surface area contributed by atoms with E-state index < -0.39 is 11.2 Å². The van der Waals surface area contributed by atoms with Crippen molar-refractivity contribution in [3.63, 3.8) is 0 Å². The highest BCUT2D eigenvalue weighted by molar-refractivity contribution is 7.91. The Bertz CT molecular complexity index is 593. The van der Waals surface area contributed by atoms with E-state index in [2.05, 4.69) is 6.08 Å². The minimum atomic E-state index is -1.14. The number of hydrogen-bond acceptors (Lipinski definition) is 2. The molecule has 0 radical (unpaired) electrons. The summed E-state index contributed by atoms with van der Waals surface area (Å²) in [6, 6.07) is 15.2. The lowest BCUT2D eigenvalue weighted by Crippen LogP contribution is -2.03. The van der Waals surface area contributed by atoms with Crippen LogP contribution in [0.3, 0.4) is 0 Å². The van der Waals surface area contributed by atoms with Crippen LogP contribution in [0.4, 0.5) is 0 Å². The number of benzene rings is 2. The van der Waals surface area contributed by atoms with Crippen LogP contribution in [0.15, 0.2) is 64.4 Å². The van der Waals surface area contributed by atoms with E-state index >= 15 is 0 Å². The summed E-state index contributed by atoms with van der Waals surface area (Å²) in [4.78, 5) is 1.63. The minimum Gasteiger partial charge on any atom is -0.606 e. The van der Waals surface area contributed by atoms with Crippen molar-refractivity contribution in [3.05, 3.63) is 60.2 Å². The Kier molecular flexibility index (Phi) is 3.58. The van der Waals surface area contributed by atoms with Crippen molar-refractivity contribution in [2.24, 2.45) is 0 Å². The maximum atomic E-state index is 12.5. The zero-order chi connectivity index (χ0) is 13.1. The molecule has 0 saturated carbocycles. The van der Waals surface area contributed by atoms with Crippen molar-refractivity contribution in [3.8, 4) is 5.75 Å². The molecule has 1 aliphatic rings. The molecule has 1 heterocycles. The van der Waals surface area contributed by atoms with Crippen molar-refractivity contribution in [1.29, 1.82) is 0 Å². The highest BCUT2D eigenvalue weighted by Gasteiger charge is 2.16. The number of ether oxygens (including phenoxy) is 1. The molecule has 19 heavy (non-hydrogen) atoms. The van der Waals surface area contributed by atoms with E-state index in [1.54, 1.807) is 0 Å². The maximum Gasteiger partial charge on any atom is 0.159 e. The molecule has 0 amide bonds. The summed E-state index contributed by atoms with van der Waals surface area (Å²) in [7, 11) is 0. The summed E-state index contributed by atoms with van der Waals surface area (Å²) in [6.07, 6.45) is 5.03. The van der Waals surface area contributed by atoms with Crippen LogP contribution >= 0.6 is 0 Å². The van der Waals surface area contributed by atoms with Gasteiger partial charge in [0.05, 0.1) is 6.61 Å². The fourth-order valence-corrected chi connectivity index (χ4v) is 3.13. The molecular formula is C16H14O2S. The van der Waals surface area contributed by atoms with Gasteiger partial charge in [0.2, 0.25) is 0 Å².